The quantitative estimate of drug-likeness (QED) is 0.270. The molecule has 4 aliphatic rings. The third kappa shape index (κ3) is 5.37. The molecule has 0 radical (unpaired) electrons. The number of hydrogen-bond donors (Lipinski definition) is 0. The van der Waals surface area contributed by atoms with Crippen LogP contribution in [0.1, 0.15) is 97.6 Å². The predicted molar refractivity (Wildman–Crippen MR) is 181 cm³/mol. The summed E-state index contributed by atoms with van der Waals surface area (Å²) in [5.41, 5.74) is 4.20. The van der Waals surface area contributed by atoms with E-state index in [1.807, 2.05) is 33.2 Å². The van der Waals surface area contributed by atoms with Gasteiger partial charge in [-0.3, -0.25) is 4.79 Å². The van der Waals surface area contributed by atoms with Crippen LogP contribution in [0.25, 0.3) is 22.3 Å². The Labute approximate surface area is 277 Å². The molecule has 0 unspecified atom stereocenters. The van der Waals surface area contributed by atoms with E-state index < -0.39 is 11.0 Å². The second-order valence-electron chi connectivity index (χ2n) is 14.9. The fraction of sp³-hybridized carbons (Fsp3) is 0.611. The lowest BCUT2D eigenvalue weighted by atomic mass is 9.73. The zero-order valence-electron chi connectivity index (χ0n) is 27.9. The molecular weight excluding hydrogens is 600 g/mol. The Balaban J connectivity index is 1.22. The summed E-state index contributed by atoms with van der Waals surface area (Å²) in [7, 11) is 0. The van der Waals surface area contributed by atoms with Crippen LogP contribution in [0.4, 0.5) is 10.5 Å². The van der Waals surface area contributed by atoms with Crippen LogP contribution in [0.5, 0.6) is 0 Å². The van der Waals surface area contributed by atoms with Crippen LogP contribution >= 0.6 is 11.6 Å². The first-order valence-corrected chi connectivity index (χ1v) is 17.6. The van der Waals surface area contributed by atoms with E-state index in [0.717, 1.165) is 65.9 Å². The van der Waals surface area contributed by atoms with Crippen molar-refractivity contribution in [2.75, 3.05) is 31.1 Å². The number of likely N-dealkylation sites (tertiary alicyclic amines) is 2. The topological polar surface area (TPSA) is 83.8 Å². The van der Waals surface area contributed by atoms with Crippen LogP contribution in [0.3, 0.4) is 0 Å². The number of carbonyl (C=O) groups is 2. The predicted octanol–water partition coefficient (Wildman–Crippen LogP) is 7.35. The van der Waals surface area contributed by atoms with Gasteiger partial charge < -0.3 is 24.0 Å². The summed E-state index contributed by atoms with van der Waals surface area (Å²) < 4.78 is 7.77. The number of imidazole rings is 1. The van der Waals surface area contributed by atoms with Gasteiger partial charge in [0.05, 0.1) is 23.0 Å². The van der Waals surface area contributed by atoms with E-state index in [1.54, 1.807) is 4.90 Å². The lowest BCUT2D eigenvalue weighted by Crippen LogP contribution is -2.58. The van der Waals surface area contributed by atoms with Crippen molar-refractivity contribution in [3.63, 3.8) is 0 Å². The lowest BCUT2D eigenvalue weighted by molar-refractivity contribution is -0.126. The fourth-order valence-electron chi connectivity index (χ4n) is 8.04. The highest BCUT2D eigenvalue weighted by Gasteiger charge is 2.56. The van der Waals surface area contributed by atoms with Gasteiger partial charge in [-0.15, -0.1) is 0 Å². The van der Waals surface area contributed by atoms with E-state index in [2.05, 4.69) is 51.4 Å². The molecule has 46 heavy (non-hydrogen) atoms. The number of benzene rings is 1. The molecule has 3 fully saturated rings. The van der Waals surface area contributed by atoms with Gasteiger partial charge in [-0.05, 0) is 103 Å². The highest BCUT2D eigenvalue weighted by atomic mass is 35.5. The van der Waals surface area contributed by atoms with Crippen LogP contribution in [-0.4, -0.2) is 80.2 Å². The molecule has 9 nitrogen and oxygen atoms in total. The van der Waals surface area contributed by atoms with E-state index in [9.17, 15) is 9.59 Å². The molecule has 0 N–H and O–H groups in total. The van der Waals surface area contributed by atoms with Gasteiger partial charge in [0.15, 0.2) is 5.15 Å². The minimum absolute atomic E-state index is 0.168. The van der Waals surface area contributed by atoms with Gasteiger partial charge in [0, 0.05) is 42.5 Å². The Kier molecular flexibility index (Phi) is 8.07. The highest BCUT2D eigenvalue weighted by Crippen LogP contribution is 2.52. The van der Waals surface area contributed by atoms with Crippen LogP contribution in [0.2, 0.25) is 5.15 Å². The molecular formula is C36H47ClN6O3. The number of fused-ring (bicyclic) bond motifs is 3. The molecule has 2 saturated heterocycles. The largest absolute Gasteiger partial charge is 0.444 e. The molecule has 0 bridgehead atoms. The minimum Gasteiger partial charge on any atom is -0.444 e. The Bertz CT molecular complexity index is 1640. The van der Waals surface area contributed by atoms with Crippen molar-refractivity contribution in [2.45, 2.75) is 115 Å². The first kappa shape index (κ1) is 31.4. The number of ether oxygens (including phenoxy) is 1. The SMILES string of the molecule is CC[C@H](C)n1cnc2cc(-c3ccc4c(c3)N([C@H]3C[C@@H](N5CCCCC5)C3)C(=O)C43CCN(C(=O)OC(C)(C)C)CC3)nc(Cl)c21. The average Bonchev–Trinajstić information content (AvgIpc) is 3.54. The molecule has 1 aliphatic carbocycles. The molecule has 1 aromatic carbocycles. The number of rotatable bonds is 5. The maximum absolute atomic E-state index is 14.7. The van der Waals surface area contributed by atoms with E-state index in [4.69, 9.17) is 21.3 Å². The van der Waals surface area contributed by atoms with Gasteiger partial charge in [0.1, 0.15) is 11.1 Å². The Hall–Kier alpha value is -3.17. The molecule has 3 aliphatic heterocycles. The second kappa shape index (κ2) is 11.8. The van der Waals surface area contributed by atoms with Gasteiger partial charge >= 0.3 is 6.09 Å². The van der Waals surface area contributed by atoms with Crippen molar-refractivity contribution < 1.29 is 14.3 Å². The molecule has 1 atom stereocenters. The van der Waals surface area contributed by atoms with E-state index >= 15 is 0 Å². The number of piperidine rings is 2. The molecule has 246 valence electrons. The van der Waals surface area contributed by atoms with E-state index in [-0.39, 0.29) is 24.1 Å². The minimum atomic E-state index is -0.646. The second-order valence-corrected chi connectivity index (χ2v) is 15.3. The number of amides is 2. The molecule has 10 heteroatoms. The third-order valence-corrected chi connectivity index (χ3v) is 11.2. The van der Waals surface area contributed by atoms with E-state index in [1.165, 1.54) is 19.3 Å². The number of pyridine rings is 1. The Morgan fingerprint density at radius 3 is 2.46 bits per heavy atom. The molecule has 2 aromatic heterocycles. The monoisotopic (exact) mass is 646 g/mol. The summed E-state index contributed by atoms with van der Waals surface area (Å²) in [6.07, 6.45) is 9.52. The number of aromatic nitrogens is 3. The average molecular weight is 647 g/mol. The van der Waals surface area contributed by atoms with Crippen molar-refractivity contribution in [3.05, 3.63) is 41.3 Å². The normalized spacial score (nSPS) is 23.9. The number of hydrogen-bond acceptors (Lipinski definition) is 6. The van der Waals surface area contributed by atoms with Gasteiger partial charge in [0.2, 0.25) is 5.91 Å². The van der Waals surface area contributed by atoms with Crippen LogP contribution in [0, 0.1) is 0 Å². The number of halogens is 1. The smallest absolute Gasteiger partial charge is 0.410 e. The summed E-state index contributed by atoms with van der Waals surface area (Å²) in [4.78, 5) is 43.6. The highest BCUT2D eigenvalue weighted by molar-refractivity contribution is 6.34. The molecule has 5 heterocycles. The maximum Gasteiger partial charge on any atom is 0.410 e. The van der Waals surface area contributed by atoms with Gasteiger partial charge in [-0.1, -0.05) is 37.1 Å². The number of carbonyl (C=O) groups excluding carboxylic acids is 2. The van der Waals surface area contributed by atoms with Gasteiger partial charge in [-0.25, -0.2) is 14.8 Å². The van der Waals surface area contributed by atoms with Crippen molar-refractivity contribution in [3.8, 4) is 11.3 Å². The number of nitrogens with zero attached hydrogens (tertiary/aromatic N) is 6. The molecule has 7 rings (SSSR count). The summed E-state index contributed by atoms with van der Waals surface area (Å²) in [5.74, 6) is 0.180. The third-order valence-electron chi connectivity index (χ3n) is 10.9. The van der Waals surface area contributed by atoms with Crippen LogP contribution in [-0.2, 0) is 14.9 Å². The summed E-state index contributed by atoms with van der Waals surface area (Å²) in [6.45, 7) is 13.3. The molecule has 2 amide bonds. The Morgan fingerprint density at radius 1 is 1.07 bits per heavy atom. The zero-order valence-corrected chi connectivity index (χ0v) is 28.6. The summed E-state index contributed by atoms with van der Waals surface area (Å²) in [5, 5.41) is 0.438. The van der Waals surface area contributed by atoms with Crippen LogP contribution in [0.15, 0.2) is 30.6 Å². The first-order chi connectivity index (χ1) is 22.0. The van der Waals surface area contributed by atoms with Gasteiger partial charge in [0.25, 0.3) is 0 Å². The molecule has 1 spiro atoms. The summed E-state index contributed by atoms with van der Waals surface area (Å²) >= 11 is 6.81. The van der Waals surface area contributed by atoms with Gasteiger partial charge in [-0.2, -0.15) is 0 Å². The lowest BCUT2D eigenvalue weighted by Gasteiger charge is -2.48. The Morgan fingerprint density at radius 2 is 1.78 bits per heavy atom. The standard InChI is InChI=1S/C36H47ClN6O3/c1-6-23(2)42-22-38-29-21-28(39-32(37)31(29)42)24-10-11-27-30(18-24)43(26-19-25(20-26)40-14-8-7-9-15-40)33(44)36(27)12-16-41(17-13-36)34(45)46-35(3,4)5/h10-11,18,21-23,25-26H,6-9,12-17,19-20H2,1-5H3/t23-,25-,26+/m0/s1. The fourth-order valence-corrected chi connectivity index (χ4v) is 8.32. The molecule has 3 aromatic rings. The maximum atomic E-state index is 14.7. The van der Waals surface area contributed by atoms with Crippen LogP contribution < -0.4 is 4.90 Å². The first-order valence-electron chi connectivity index (χ1n) is 17.2. The van der Waals surface area contributed by atoms with E-state index in [0.29, 0.717) is 37.1 Å². The van der Waals surface area contributed by atoms with Crippen molar-refractivity contribution in [1.29, 1.82) is 0 Å². The van der Waals surface area contributed by atoms with Crippen molar-refractivity contribution in [1.82, 2.24) is 24.3 Å². The summed E-state index contributed by atoms with van der Waals surface area (Å²) in [6, 6.07) is 9.33. The zero-order chi connectivity index (χ0) is 32.4. The number of anilines is 1. The van der Waals surface area contributed by atoms with Crippen molar-refractivity contribution >= 4 is 40.3 Å². The van der Waals surface area contributed by atoms with Crippen molar-refractivity contribution in [2.24, 2.45) is 0 Å². The molecule has 1 saturated carbocycles.